The van der Waals surface area contributed by atoms with Crippen molar-refractivity contribution in [3.8, 4) is 0 Å². The molecule has 1 aromatic heterocycles. The van der Waals surface area contributed by atoms with Crippen LogP contribution in [0.25, 0.3) is 0 Å². The van der Waals surface area contributed by atoms with E-state index in [2.05, 4.69) is 22.5 Å². The summed E-state index contributed by atoms with van der Waals surface area (Å²) in [6.07, 6.45) is 1.64. The summed E-state index contributed by atoms with van der Waals surface area (Å²) in [6, 6.07) is 5.17. The molecule has 1 fully saturated rings. The lowest BCUT2D eigenvalue weighted by atomic mass is 10.0. The van der Waals surface area contributed by atoms with E-state index >= 15 is 0 Å². The van der Waals surface area contributed by atoms with Crippen LogP contribution in [-0.2, 0) is 27.7 Å². The van der Waals surface area contributed by atoms with Crippen LogP contribution >= 0.6 is 11.3 Å². The molecule has 1 aromatic carbocycles. The van der Waals surface area contributed by atoms with E-state index in [1.807, 2.05) is 0 Å². The molecule has 0 spiro atoms. The smallest absolute Gasteiger partial charge is 0.323 e. The topological polar surface area (TPSA) is 128 Å². The zero-order valence-corrected chi connectivity index (χ0v) is 23.4. The van der Waals surface area contributed by atoms with Crippen LogP contribution in [0, 0.1) is 0 Å². The van der Waals surface area contributed by atoms with Crippen molar-refractivity contribution in [2.45, 2.75) is 31.2 Å². The maximum Gasteiger partial charge on any atom is 0.323 e. The van der Waals surface area contributed by atoms with Gasteiger partial charge in [0.15, 0.2) is 0 Å². The number of imide groups is 1. The van der Waals surface area contributed by atoms with E-state index in [1.54, 1.807) is 14.1 Å². The van der Waals surface area contributed by atoms with E-state index in [-0.39, 0.29) is 23.5 Å². The number of amides is 4. The molecule has 11 nitrogen and oxygen atoms in total. The van der Waals surface area contributed by atoms with Gasteiger partial charge >= 0.3 is 6.03 Å². The van der Waals surface area contributed by atoms with Crippen LogP contribution < -0.4 is 10.6 Å². The minimum atomic E-state index is -3.68. The Kier molecular flexibility index (Phi) is 8.83. The lowest BCUT2D eigenvalue weighted by Crippen LogP contribution is -2.40. The molecule has 2 aromatic rings. The molecule has 1 saturated heterocycles. The van der Waals surface area contributed by atoms with Gasteiger partial charge in [-0.05, 0) is 49.2 Å². The Balaban J connectivity index is 1.57. The largest absolute Gasteiger partial charge is 0.379 e. The molecule has 0 radical (unpaired) electrons. The average molecular weight is 564 g/mol. The number of benzene rings is 1. The predicted molar refractivity (Wildman–Crippen MR) is 144 cm³/mol. The fraction of sp³-hybridized carbons (Fsp3) is 0.480. The first-order chi connectivity index (χ1) is 18.1. The molecule has 0 unspecified atom stereocenters. The molecule has 2 aliphatic rings. The van der Waals surface area contributed by atoms with Gasteiger partial charge in [0.1, 0.15) is 5.00 Å². The molecule has 3 heterocycles. The third-order valence-corrected chi connectivity index (χ3v) is 9.53. The Morgan fingerprint density at radius 1 is 1.05 bits per heavy atom. The Bertz CT molecular complexity index is 1300. The second kappa shape index (κ2) is 11.9. The summed E-state index contributed by atoms with van der Waals surface area (Å²) in [4.78, 5) is 43.1. The van der Waals surface area contributed by atoms with Crippen molar-refractivity contribution in [3.05, 3.63) is 45.8 Å². The van der Waals surface area contributed by atoms with Gasteiger partial charge in [0.05, 0.1) is 23.7 Å². The zero-order valence-electron chi connectivity index (χ0n) is 21.8. The lowest BCUT2D eigenvalue weighted by molar-refractivity contribution is 0.0730. The Hall–Kier alpha value is -2.84. The van der Waals surface area contributed by atoms with Gasteiger partial charge in [0.25, 0.3) is 11.8 Å². The number of urea groups is 1. The minimum absolute atomic E-state index is 0.0980. The minimum Gasteiger partial charge on any atom is -0.379 e. The summed E-state index contributed by atoms with van der Waals surface area (Å²) in [5, 5.41) is 5.59. The van der Waals surface area contributed by atoms with E-state index in [4.69, 9.17) is 4.74 Å². The number of sulfonamides is 1. The molecule has 4 rings (SSSR count). The van der Waals surface area contributed by atoms with E-state index < -0.39 is 27.9 Å². The molecular formula is C25H33N5O6S2. The van der Waals surface area contributed by atoms with Gasteiger partial charge in [-0.2, -0.15) is 4.31 Å². The fourth-order valence-electron chi connectivity index (χ4n) is 4.45. The normalized spacial score (nSPS) is 16.5. The average Bonchev–Trinajstić information content (AvgIpc) is 3.26. The second-order valence-electron chi connectivity index (χ2n) is 9.38. The highest BCUT2D eigenvalue weighted by atomic mass is 32.2. The maximum atomic E-state index is 13.2. The van der Waals surface area contributed by atoms with Gasteiger partial charge in [-0.3, -0.25) is 19.8 Å². The van der Waals surface area contributed by atoms with E-state index in [1.165, 1.54) is 44.8 Å². The third kappa shape index (κ3) is 6.07. The first-order valence-corrected chi connectivity index (χ1v) is 14.8. The number of carbonyl (C=O) groups is 3. The molecule has 0 bridgehead atoms. The predicted octanol–water partition coefficient (Wildman–Crippen LogP) is 2.20. The number of ether oxygens (including phenoxy) is 1. The zero-order chi connectivity index (χ0) is 27.4. The highest BCUT2D eigenvalue weighted by Gasteiger charge is 2.30. The van der Waals surface area contributed by atoms with Crippen molar-refractivity contribution in [3.63, 3.8) is 0 Å². The van der Waals surface area contributed by atoms with E-state index in [9.17, 15) is 22.8 Å². The monoisotopic (exact) mass is 563 g/mol. The summed E-state index contributed by atoms with van der Waals surface area (Å²) in [6.45, 7) is 5.74. The Morgan fingerprint density at radius 3 is 2.37 bits per heavy atom. The van der Waals surface area contributed by atoms with Crippen molar-refractivity contribution >= 4 is 44.2 Å². The van der Waals surface area contributed by atoms with Crippen LogP contribution in [0.5, 0.6) is 0 Å². The number of nitrogens with one attached hydrogen (secondary N) is 2. The van der Waals surface area contributed by atoms with Crippen LogP contribution in [-0.4, -0.2) is 93.9 Å². The third-order valence-electron chi connectivity index (χ3n) is 6.48. The summed E-state index contributed by atoms with van der Waals surface area (Å²) >= 11 is 1.33. The lowest BCUT2D eigenvalue weighted by Gasteiger charge is -2.26. The van der Waals surface area contributed by atoms with Crippen LogP contribution in [0.2, 0.25) is 0 Å². The van der Waals surface area contributed by atoms with Gasteiger partial charge < -0.3 is 15.0 Å². The van der Waals surface area contributed by atoms with Crippen LogP contribution in [0.3, 0.4) is 0 Å². The summed E-state index contributed by atoms with van der Waals surface area (Å²) in [5.74, 6) is -1.04. The highest BCUT2D eigenvalue weighted by molar-refractivity contribution is 7.89. The number of hydrogen-bond donors (Lipinski definition) is 2. The maximum absolute atomic E-state index is 13.2. The highest BCUT2D eigenvalue weighted by Crippen LogP contribution is 2.37. The standard InChI is InChI=1S/C25H33N5O6S2/c1-4-10-29-11-9-19-20(16-29)37-24(21(19)23(32)27-25(33)28(2)3)26-22(31)17-5-7-18(8-6-17)38(34,35)30-12-14-36-15-13-30/h5-8H,4,9-16H2,1-3H3,(H,26,31)(H,27,32,33). The number of nitrogens with zero attached hydrogens (tertiary/aromatic N) is 3. The number of fused-ring (bicyclic) bond motifs is 1. The number of anilines is 1. The van der Waals surface area contributed by atoms with Crippen LogP contribution in [0.15, 0.2) is 29.2 Å². The SMILES string of the molecule is CCCN1CCc2c(sc(NC(=O)c3ccc(S(=O)(=O)N4CCOCC4)cc3)c2C(=O)NC(=O)N(C)C)C1. The second-order valence-corrected chi connectivity index (χ2v) is 12.4. The van der Waals surface area contributed by atoms with Crippen molar-refractivity contribution in [2.75, 3.05) is 58.8 Å². The van der Waals surface area contributed by atoms with Crippen molar-refractivity contribution in [1.82, 2.24) is 19.4 Å². The first-order valence-electron chi connectivity index (χ1n) is 12.5. The molecule has 13 heteroatoms. The van der Waals surface area contributed by atoms with Gasteiger partial charge in [0.2, 0.25) is 10.0 Å². The van der Waals surface area contributed by atoms with Crippen LogP contribution in [0.4, 0.5) is 9.80 Å². The summed E-state index contributed by atoms with van der Waals surface area (Å²) < 4.78 is 32.4. The molecule has 38 heavy (non-hydrogen) atoms. The number of carbonyl (C=O) groups excluding carboxylic acids is 3. The number of thiophene rings is 1. The Morgan fingerprint density at radius 2 is 1.74 bits per heavy atom. The molecule has 0 atom stereocenters. The van der Waals surface area contributed by atoms with E-state index in [0.717, 1.165) is 30.0 Å². The summed E-state index contributed by atoms with van der Waals surface area (Å²) in [5.41, 5.74) is 1.39. The van der Waals surface area contributed by atoms with Gasteiger partial charge in [-0.15, -0.1) is 11.3 Å². The number of morpholine rings is 1. The molecule has 206 valence electrons. The fourth-order valence-corrected chi connectivity index (χ4v) is 7.14. The number of rotatable bonds is 7. The molecule has 2 aliphatic heterocycles. The molecule has 4 amide bonds. The number of hydrogen-bond acceptors (Lipinski definition) is 8. The summed E-state index contributed by atoms with van der Waals surface area (Å²) in [7, 11) is -0.599. The Labute approximate surface area is 226 Å². The first kappa shape index (κ1) is 28.2. The molecular weight excluding hydrogens is 530 g/mol. The van der Waals surface area contributed by atoms with E-state index in [0.29, 0.717) is 36.7 Å². The van der Waals surface area contributed by atoms with Crippen molar-refractivity contribution in [1.29, 1.82) is 0 Å². The van der Waals surface area contributed by atoms with Gasteiger partial charge in [-0.25, -0.2) is 13.2 Å². The van der Waals surface area contributed by atoms with Crippen LogP contribution in [0.1, 0.15) is 44.5 Å². The molecule has 2 N–H and O–H groups in total. The molecule has 0 saturated carbocycles. The van der Waals surface area contributed by atoms with Gasteiger partial charge in [-0.1, -0.05) is 6.92 Å². The quantitative estimate of drug-likeness (QED) is 0.529. The van der Waals surface area contributed by atoms with Gasteiger partial charge in [0, 0.05) is 50.7 Å². The van der Waals surface area contributed by atoms with Crippen molar-refractivity contribution in [2.24, 2.45) is 0 Å². The van der Waals surface area contributed by atoms with Crippen molar-refractivity contribution < 1.29 is 27.5 Å². The molecule has 0 aliphatic carbocycles.